The van der Waals surface area contributed by atoms with Gasteiger partial charge >= 0.3 is 0 Å². The predicted octanol–water partition coefficient (Wildman–Crippen LogP) is 3.31. The Morgan fingerprint density at radius 1 is 1.18 bits per heavy atom. The summed E-state index contributed by atoms with van der Waals surface area (Å²) in [7, 11) is 3.19. The topological polar surface area (TPSA) is 80.8 Å². The van der Waals surface area contributed by atoms with Crippen molar-refractivity contribution in [2.45, 2.75) is 6.42 Å². The van der Waals surface area contributed by atoms with Crippen LogP contribution >= 0.6 is 11.3 Å². The zero-order chi connectivity index (χ0) is 19.7. The largest absolute Gasteiger partial charge is 0.497 e. The van der Waals surface area contributed by atoms with Gasteiger partial charge in [-0.2, -0.15) is 0 Å². The van der Waals surface area contributed by atoms with Crippen molar-refractivity contribution in [1.29, 1.82) is 0 Å². The summed E-state index contributed by atoms with van der Waals surface area (Å²) in [5.74, 6) is 0.694. The minimum Gasteiger partial charge on any atom is -0.497 e. The second-order valence-electron chi connectivity index (χ2n) is 6.45. The molecule has 1 saturated heterocycles. The number of hydrogen-bond donors (Lipinski definition) is 1. The summed E-state index contributed by atoms with van der Waals surface area (Å²) >= 11 is 1.38. The molecule has 0 aliphatic carbocycles. The Bertz CT molecular complexity index is 1050. The minimum absolute atomic E-state index is 0.0811. The Labute approximate surface area is 165 Å². The third-order valence-electron chi connectivity index (χ3n) is 4.69. The van der Waals surface area contributed by atoms with Crippen molar-refractivity contribution < 1.29 is 19.1 Å². The molecule has 0 radical (unpaired) electrons. The smallest absolute Gasteiger partial charge is 0.231 e. The summed E-state index contributed by atoms with van der Waals surface area (Å²) in [6.07, 6.45) is 0.168. The van der Waals surface area contributed by atoms with E-state index in [1.54, 1.807) is 25.2 Å². The quantitative estimate of drug-likeness (QED) is 0.714. The third-order valence-corrected chi connectivity index (χ3v) is 5.62. The first-order valence-electron chi connectivity index (χ1n) is 8.77. The molecule has 7 nitrogen and oxygen atoms in total. The number of aromatic nitrogens is 1. The van der Waals surface area contributed by atoms with Gasteiger partial charge in [0.25, 0.3) is 0 Å². The van der Waals surface area contributed by atoms with Crippen LogP contribution in [0.2, 0.25) is 0 Å². The first kappa shape index (κ1) is 18.2. The molecule has 1 aliphatic rings. The van der Waals surface area contributed by atoms with Crippen LogP contribution in [0.5, 0.6) is 11.5 Å². The second-order valence-corrected chi connectivity index (χ2v) is 7.48. The molecule has 4 rings (SSSR count). The number of thiazole rings is 1. The van der Waals surface area contributed by atoms with Crippen molar-refractivity contribution >= 4 is 44.2 Å². The van der Waals surface area contributed by atoms with Crippen molar-refractivity contribution in [2.75, 3.05) is 31.0 Å². The van der Waals surface area contributed by atoms with Gasteiger partial charge in [-0.1, -0.05) is 17.4 Å². The number of fused-ring (bicyclic) bond motifs is 1. The van der Waals surface area contributed by atoms with Gasteiger partial charge in [0.05, 0.1) is 30.4 Å². The molecule has 3 aromatic rings. The Balaban J connectivity index is 1.47. The SMILES string of the molecule is COc1cccc(N2CC(C(=O)Nc3nc4ccc(OC)cc4s3)CC2=O)c1. The Hall–Kier alpha value is -3.13. The number of carbonyl (C=O) groups is 2. The average Bonchev–Trinajstić information content (AvgIpc) is 3.30. The van der Waals surface area contributed by atoms with Gasteiger partial charge in [-0.3, -0.25) is 9.59 Å². The van der Waals surface area contributed by atoms with E-state index in [2.05, 4.69) is 10.3 Å². The lowest BCUT2D eigenvalue weighted by Crippen LogP contribution is -2.28. The minimum atomic E-state index is -0.430. The molecule has 1 atom stereocenters. The maximum Gasteiger partial charge on any atom is 0.231 e. The van der Waals surface area contributed by atoms with E-state index in [9.17, 15) is 9.59 Å². The van der Waals surface area contributed by atoms with Crippen molar-refractivity contribution in [3.63, 3.8) is 0 Å². The van der Waals surface area contributed by atoms with Gasteiger partial charge < -0.3 is 19.7 Å². The zero-order valence-corrected chi connectivity index (χ0v) is 16.3. The monoisotopic (exact) mass is 397 g/mol. The van der Waals surface area contributed by atoms with Gasteiger partial charge in [-0.25, -0.2) is 4.98 Å². The molecular weight excluding hydrogens is 378 g/mol. The molecule has 0 bridgehead atoms. The second kappa shape index (κ2) is 7.47. The van der Waals surface area contributed by atoms with Crippen molar-refractivity contribution in [3.8, 4) is 11.5 Å². The van der Waals surface area contributed by atoms with Crippen LogP contribution in [0.15, 0.2) is 42.5 Å². The van der Waals surface area contributed by atoms with Gasteiger partial charge in [-0.05, 0) is 30.3 Å². The molecule has 0 saturated carbocycles. The molecule has 144 valence electrons. The van der Waals surface area contributed by atoms with E-state index >= 15 is 0 Å². The van der Waals surface area contributed by atoms with E-state index in [-0.39, 0.29) is 18.2 Å². The molecule has 0 spiro atoms. The van der Waals surface area contributed by atoms with Gasteiger partial charge in [0.1, 0.15) is 11.5 Å². The van der Waals surface area contributed by atoms with Crippen molar-refractivity contribution in [2.24, 2.45) is 5.92 Å². The highest BCUT2D eigenvalue weighted by atomic mass is 32.1. The van der Waals surface area contributed by atoms with Gasteiger partial charge in [0, 0.05) is 24.7 Å². The number of benzene rings is 2. The maximum absolute atomic E-state index is 12.7. The fourth-order valence-electron chi connectivity index (χ4n) is 3.20. The molecule has 8 heteroatoms. The number of nitrogens with zero attached hydrogens (tertiary/aromatic N) is 2. The number of rotatable bonds is 5. The summed E-state index contributed by atoms with van der Waals surface area (Å²) in [4.78, 5) is 31.2. The van der Waals surface area contributed by atoms with E-state index < -0.39 is 5.92 Å². The number of methoxy groups -OCH3 is 2. The fourth-order valence-corrected chi connectivity index (χ4v) is 4.10. The van der Waals surface area contributed by atoms with Gasteiger partial charge in [0.2, 0.25) is 11.8 Å². The molecule has 28 heavy (non-hydrogen) atoms. The third kappa shape index (κ3) is 3.50. The lowest BCUT2D eigenvalue weighted by molar-refractivity contribution is -0.122. The number of hydrogen-bond acceptors (Lipinski definition) is 6. The first-order chi connectivity index (χ1) is 13.6. The van der Waals surface area contributed by atoms with E-state index in [0.717, 1.165) is 21.7 Å². The average molecular weight is 397 g/mol. The summed E-state index contributed by atoms with van der Waals surface area (Å²) in [5.41, 5.74) is 1.52. The molecule has 1 aliphatic heterocycles. The van der Waals surface area contributed by atoms with E-state index in [4.69, 9.17) is 9.47 Å². The van der Waals surface area contributed by atoms with Crippen molar-refractivity contribution in [1.82, 2.24) is 4.98 Å². The molecule has 2 heterocycles. The molecule has 1 N–H and O–H groups in total. The summed E-state index contributed by atoms with van der Waals surface area (Å²) in [6, 6.07) is 12.8. The predicted molar refractivity (Wildman–Crippen MR) is 108 cm³/mol. The van der Waals surface area contributed by atoms with E-state index in [0.29, 0.717) is 17.4 Å². The normalized spacial score (nSPS) is 16.4. The Kier molecular flexibility index (Phi) is 4.87. The Morgan fingerprint density at radius 3 is 2.75 bits per heavy atom. The van der Waals surface area contributed by atoms with Crippen LogP contribution < -0.4 is 19.7 Å². The van der Waals surface area contributed by atoms with Crippen LogP contribution in [-0.2, 0) is 9.59 Å². The van der Waals surface area contributed by atoms with Crippen LogP contribution in [0, 0.1) is 5.92 Å². The van der Waals surface area contributed by atoms with Crippen LogP contribution in [0.3, 0.4) is 0 Å². The molecule has 2 amide bonds. The van der Waals surface area contributed by atoms with Crippen LogP contribution in [0.4, 0.5) is 10.8 Å². The first-order valence-corrected chi connectivity index (χ1v) is 9.59. The van der Waals surface area contributed by atoms with E-state index in [1.165, 1.54) is 11.3 Å². The van der Waals surface area contributed by atoms with E-state index in [1.807, 2.05) is 36.4 Å². The highest BCUT2D eigenvalue weighted by molar-refractivity contribution is 7.22. The molecule has 2 aromatic carbocycles. The standard InChI is InChI=1S/C20H19N3O4S/c1-26-14-5-3-4-13(9-14)23-11-12(8-18(23)24)19(25)22-20-21-16-7-6-15(27-2)10-17(16)28-20/h3-7,9-10,12H,8,11H2,1-2H3,(H,21,22,25). The number of nitrogens with one attached hydrogen (secondary N) is 1. The molecule has 1 aromatic heterocycles. The van der Waals surface area contributed by atoms with Crippen LogP contribution in [0.25, 0.3) is 10.2 Å². The highest BCUT2D eigenvalue weighted by Crippen LogP contribution is 2.31. The Morgan fingerprint density at radius 2 is 1.96 bits per heavy atom. The lowest BCUT2D eigenvalue weighted by Gasteiger charge is -2.17. The van der Waals surface area contributed by atoms with Gasteiger partial charge in [-0.15, -0.1) is 0 Å². The molecule has 1 unspecified atom stereocenters. The van der Waals surface area contributed by atoms with Gasteiger partial charge in [0.15, 0.2) is 5.13 Å². The summed E-state index contributed by atoms with van der Waals surface area (Å²) < 4.78 is 11.4. The number of ether oxygens (including phenoxy) is 2. The number of carbonyl (C=O) groups excluding carboxylic acids is 2. The highest BCUT2D eigenvalue weighted by Gasteiger charge is 2.35. The lowest BCUT2D eigenvalue weighted by atomic mass is 10.1. The molecular formula is C20H19N3O4S. The zero-order valence-electron chi connectivity index (χ0n) is 15.5. The van der Waals surface area contributed by atoms with Crippen LogP contribution in [-0.4, -0.2) is 37.6 Å². The van der Waals surface area contributed by atoms with Crippen molar-refractivity contribution in [3.05, 3.63) is 42.5 Å². The molecule has 1 fully saturated rings. The maximum atomic E-state index is 12.7. The number of anilines is 2. The summed E-state index contributed by atoms with van der Waals surface area (Å²) in [6.45, 7) is 0.330. The summed E-state index contributed by atoms with van der Waals surface area (Å²) in [5, 5.41) is 3.36. The van der Waals surface area contributed by atoms with Crippen LogP contribution in [0.1, 0.15) is 6.42 Å². The number of amides is 2. The fraction of sp³-hybridized carbons (Fsp3) is 0.250.